The summed E-state index contributed by atoms with van der Waals surface area (Å²) in [5.41, 5.74) is 2.73. The van der Waals surface area contributed by atoms with Crippen LogP contribution in [0.2, 0.25) is 0 Å². The maximum atomic E-state index is 11.0. The van der Waals surface area contributed by atoms with Gasteiger partial charge < -0.3 is 10.2 Å². The average Bonchev–Trinajstić information content (AvgIpc) is 3.17. The van der Waals surface area contributed by atoms with E-state index in [-0.39, 0.29) is 6.10 Å². The molecule has 0 bridgehead atoms. The van der Waals surface area contributed by atoms with Gasteiger partial charge in [0.05, 0.1) is 11.7 Å². The summed E-state index contributed by atoms with van der Waals surface area (Å²) in [6, 6.07) is 10.2. The molecule has 188 valence electrons. The van der Waals surface area contributed by atoms with Crippen LogP contribution in [0.1, 0.15) is 104 Å². The third kappa shape index (κ3) is 4.11. The highest BCUT2D eigenvalue weighted by molar-refractivity contribution is 5.25. The Kier molecular flexibility index (Phi) is 6.56. The molecule has 0 amide bonds. The molecule has 0 heterocycles. The highest BCUT2D eigenvalue weighted by atomic mass is 16.3. The Morgan fingerprint density at radius 2 is 1.79 bits per heavy atom. The fraction of sp³-hybridized carbons (Fsp3) is 0.750. The van der Waals surface area contributed by atoms with Gasteiger partial charge in [0.25, 0.3) is 0 Å². The van der Waals surface area contributed by atoms with Crippen LogP contribution in [0.25, 0.3) is 0 Å². The van der Waals surface area contributed by atoms with Crippen LogP contribution in [-0.4, -0.2) is 16.3 Å². The standard InChI is InChI=1S/C32H48O2/c1-22(9-8-18-32(4,34)23-10-6-5-7-11-23)27-14-15-28-26-13-12-24-21-25(33)16-19-30(24,2)29(26)17-20-31(27,28)3/h5-7,10-12,22,25-29,33-34H,8-9,13-21H2,1-4H3/t22-,25+,26+,27-,28+,29+,30+,31-,32+/m1/s1. The topological polar surface area (TPSA) is 40.5 Å². The molecule has 4 aliphatic rings. The molecule has 4 aliphatic carbocycles. The zero-order valence-electron chi connectivity index (χ0n) is 22.1. The molecule has 3 saturated carbocycles. The van der Waals surface area contributed by atoms with E-state index in [4.69, 9.17) is 0 Å². The van der Waals surface area contributed by atoms with E-state index >= 15 is 0 Å². The van der Waals surface area contributed by atoms with E-state index in [9.17, 15) is 10.2 Å². The third-order valence-corrected chi connectivity index (χ3v) is 11.6. The first-order valence-electron chi connectivity index (χ1n) is 14.3. The highest BCUT2D eigenvalue weighted by Crippen LogP contribution is 2.67. The van der Waals surface area contributed by atoms with E-state index in [0.29, 0.717) is 10.8 Å². The molecule has 9 atom stereocenters. The highest BCUT2D eigenvalue weighted by Gasteiger charge is 2.59. The molecule has 0 unspecified atom stereocenters. The Morgan fingerprint density at radius 3 is 2.56 bits per heavy atom. The van der Waals surface area contributed by atoms with Crippen LogP contribution in [0.15, 0.2) is 42.0 Å². The Balaban J connectivity index is 1.24. The minimum Gasteiger partial charge on any atom is -0.393 e. The fourth-order valence-corrected chi connectivity index (χ4v) is 9.53. The monoisotopic (exact) mass is 464 g/mol. The number of aliphatic hydroxyl groups is 2. The molecule has 2 N–H and O–H groups in total. The molecule has 34 heavy (non-hydrogen) atoms. The number of hydrogen-bond donors (Lipinski definition) is 2. The Labute approximate surface area is 208 Å². The van der Waals surface area contributed by atoms with Crippen molar-refractivity contribution in [3.8, 4) is 0 Å². The van der Waals surface area contributed by atoms with Crippen LogP contribution in [-0.2, 0) is 5.60 Å². The molecule has 2 nitrogen and oxygen atoms in total. The smallest absolute Gasteiger partial charge is 0.0868 e. The van der Waals surface area contributed by atoms with Crippen LogP contribution in [0, 0.1) is 40.4 Å². The van der Waals surface area contributed by atoms with Gasteiger partial charge in [-0.1, -0.05) is 69.2 Å². The maximum absolute atomic E-state index is 11.0. The van der Waals surface area contributed by atoms with Gasteiger partial charge in [0.2, 0.25) is 0 Å². The first kappa shape index (κ1) is 24.6. The van der Waals surface area contributed by atoms with Crippen molar-refractivity contribution in [3.63, 3.8) is 0 Å². The Bertz CT molecular complexity index is 888. The molecule has 0 spiro atoms. The van der Waals surface area contributed by atoms with Gasteiger partial charge >= 0.3 is 0 Å². The minimum absolute atomic E-state index is 0.107. The van der Waals surface area contributed by atoms with Crippen LogP contribution < -0.4 is 0 Å². The summed E-state index contributed by atoms with van der Waals surface area (Å²) in [6.45, 7) is 9.67. The van der Waals surface area contributed by atoms with Crippen molar-refractivity contribution in [2.45, 2.75) is 110 Å². The van der Waals surface area contributed by atoms with E-state index < -0.39 is 5.60 Å². The van der Waals surface area contributed by atoms with Crippen molar-refractivity contribution in [2.24, 2.45) is 40.4 Å². The molecule has 0 radical (unpaired) electrons. The predicted octanol–water partition coefficient (Wildman–Crippen LogP) is 7.64. The molecule has 0 aromatic heterocycles. The summed E-state index contributed by atoms with van der Waals surface area (Å²) in [5, 5.41) is 21.3. The number of fused-ring (bicyclic) bond motifs is 5. The largest absolute Gasteiger partial charge is 0.393 e. The van der Waals surface area contributed by atoms with E-state index in [2.05, 4.69) is 39.0 Å². The molecule has 2 heteroatoms. The summed E-state index contributed by atoms with van der Waals surface area (Å²) < 4.78 is 0. The van der Waals surface area contributed by atoms with Gasteiger partial charge in [-0.05, 0) is 117 Å². The summed E-state index contributed by atoms with van der Waals surface area (Å²) >= 11 is 0. The lowest BCUT2D eigenvalue weighted by molar-refractivity contribution is -0.0576. The lowest BCUT2D eigenvalue weighted by Crippen LogP contribution is -2.50. The second-order valence-corrected chi connectivity index (χ2v) is 13.4. The van der Waals surface area contributed by atoms with Gasteiger partial charge in [-0.3, -0.25) is 0 Å². The Hall–Kier alpha value is -1.12. The molecule has 0 aliphatic heterocycles. The van der Waals surface area contributed by atoms with Crippen LogP contribution in [0.3, 0.4) is 0 Å². The van der Waals surface area contributed by atoms with Gasteiger partial charge in [0.15, 0.2) is 0 Å². The fourth-order valence-electron chi connectivity index (χ4n) is 9.53. The van der Waals surface area contributed by atoms with Crippen molar-refractivity contribution in [3.05, 3.63) is 47.5 Å². The molecule has 5 rings (SSSR count). The number of hydrogen-bond acceptors (Lipinski definition) is 2. The lowest BCUT2D eigenvalue weighted by Gasteiger charge is -2.58. The van der Waals surface area contributed by atoms with E-state index in [1.807, 2.05) is 25.1 Å². The van der Waals surface area contributed by atoms with Crippen molar-refractivity contribution in [2.75, 3.05) is 0 Å². The summed E-state index contributed by atoms with van der Waals surface area (Å²) in [4.78, 5) is 0. The van der Waals surface area contributed by atoms with Gasteiger partial charge in [-0.25, -0.2) is 0 Å². The zero-order valence-corrected chi connectivity index (χ0v) is 22.1. The van der Waals surface area contributed by atoms with Gasteiger partial charge in [0, 0.05) is 0 Å². The van der Waals surface area contributed by atoms with Crippen LogP contribution in [0.5, 0.6) is 0 Å². The number of rotatable bonds is 6. The minimum atomic E-state index is -0.726. The SMILES string of the molecule is C[C@H](CCC[C@](C)(O)c1ccccc1)[C@H]1CC[C@H]2[C@@H]3CC=C4C[C@@H](O)CC[C@]4(C)[C@H]3CC[C@]12C. The quantitative estimate of drug-likeness (QED) is 0.425. The molecule has 1 aromatic rings. The first-order valence-corrected chi connectivity index (χ1v) is 14.3. The lowest BCUT2D eigenvalue weighted by atomic mass is 9.47. The van der Waals surface area contributed by atoms with Crippen LogP contribution in [0.4, 0.5) is 0 Å². The third-order valence-electron chi connectivity index (χ3n) is 11.6. The van der Waals surface area contributed by atoms with Crippen molar-refractivity contribution in [1.82, 2.24) is 0 Å². The van der Waals surface area contributed by atoms with Crippen molar-refractivity contribution >= 4 is 0 Å². The predicted molar refractivity (Wildman–Crippen MR) is 140 cm³/mol. The number of allylic oxidation sites excluding steroid dienone is 1. The van der Waals surface area contributed by atoms with Gasteiger partial charge in [-0.15, -0.1) is 0 Å². The van der Waals surface area contributed by atoms with Crippen molar-refractivity contribution in [1.29, 1.82) is 0 Å². The maximum Gasteiger partial charge on any atom is 0.0868 e. The molecule has 0 saturated heterocycles. The molecular formula is C32H48O2. The molecule has 3 fully saturated rings. The second-order valence-electron chi connectivity index (χ2n) is 13.4. The van der Waals surface area contributed by atoms with Gasteiger partial charge in [0.1, 0.15) is 0 Å². The van der Waals surface area contributed by atoms with Crippen molar-refractivity contribution < 1.29 is 10.2 Å². The Morgan fingerprint density at radius 1 is 1.03 bits per heavy atom. The normalized spacial score (nSPS) is 42.1. The summed E-state index contributed by atoms with van der Waals surface area (Å²) in [6.07, 6.45) is 15.6. The number of aliphatic hydroxyl groups excluding tert-OH is 1. The van der Waals surface area contributed by atoms with Gasteiger partial charge in [-0.2, -0.15) is 0 Å². The van der Waals surface area contributed by atoms with E-state index in [1.54, 1.807) is 5.57 Å². The average molecular weight is 465 g/mol. The summed E-state index contributed by atoms with van der Waals surface area (Å²) in [5.74, 6) is 4.10. The molecule has 1 aromatic carbocycles. The first-order chi connectivity index (χ1) is 16.1. The van der Waals surface area contributed by atoms with Crippen LogP contribution >= 0.6 is 0 Å². The zero-order chi connectivity index (χ0) is 24.1. The summed E-state index contributed by atoms with van der Waals surface area (Å²) in [7, 11) is 0. The van der Waals surface area contributed by atoms with E-state index in [1.165, 1.54) is 44.9 Å². The molecular weight excluding hydrogens is 416 g/mol. The second kappa shape index (κ2) is 9.07. The number of benzene rings is 1. The van der Waals surface area contributed by atoms with E-state index in [0.717, 1.165) is 60.8 Å².